The molecule has 13 heavy (non-hydrogen) atoms. The summed E-state index contributed by atoms with van der Waals surface area (Å²) in [7, 11) is 0. The highest BCUT2D eigenvalue weighted by Gasteiger charge is 2.42. The van der Waals surface area contributed by atoms with Gasteiger partial charge < -0.3 is 14.2 Å². The van der Waals surface area contributed by atoms with E-state index in [1.54, 1.807) is 0 Å². The van der Waals surface area contributed by atoms with Crippen LogP contribution in [0, 0.1) is 0 Å². The minimum Gasteiger partial charge on any atom is -0.363 e. The fraction of sp³-hybridized carbons (Fsp3) is 1.00. The SMILES string of the molecule is C1C[C@@H]2OCC[C@@H]3OCC[C@H](O1)N32. The molecule has 0 unspecified atom stereocenters. The van der Waals surface area contributed by atoms with Crippen LogP contribution >= 0.6 is 0 Å². The Morgan fingerprint density at radius 3 is 1.46 bits per heavy atom. The molecule has 3 aliphatic heterocycles. The van der Waals surface area contributed by atoms with Gasteiger partial charge in [0.25, 0.3) is 0 Å². The van der Waals surface area contributed by atoms with E-state index < -0.39 is 0 Å². The van der Waals surface area contributed by atoms with Gasteiger partial charge in [-0.25, -0.2) is 4.90 Å². The van der Waals surface area contributed by atoms with Crippen LogP contribution in [0.2, 0.25) is 0 Å². The molecule has 0 amide bonds. The lowest BCUT2D eigenvalue weighted by atomic mass is 10.1. The molecule has 3 fully saturated rings. The van der Waals surface area contributed by atoms with Crippen LogP contribution in [0.5, 0.6) is 0 Å². The average Bonchev–Trinajstić information content (AvgIpc) is 2.19. The van der Waals surface area contributed by atoms with E-state index in [0.29, 0.717) is 0 Å². The molecule has 0 aromatic heterocycles. The van der Waals surface area contributed by atoms with Crippen molar-refractivity contribution in [2.75, 3.05) is 19.8 Å². The topological polar surface area (TPSA) is 30.9 Å². The minimum absolute atomic E-state index is 0.248. The quantitative estimate of drug-likeness (QED) is 0.551. The Labute approximate surface area is 77.7 Å². The molecule has 3 heterocycles. The minimum atomic E-state index is 0.248. The summed E-state index contributed by atoms with van der Waals surface area (Å²) in [6.07, 6.45) is 3.69. The van der Waals surface area contributed by atoms with Crippen LogP contribution in [0.3, 0.4) is 0 Å². The maximum Gasteiger partial charge on any atom is 0.116 e. The van der Waals surface area contributed by atoms with Crippen LogP contribution < -0.4 is 0 Å². The molecule has 3 rings (SSSR count). The molecule has 0 saturated carbocycles. The van der Waals surface area contributed by atoms with E-state index >= 15 is 0 Å². The molecule has 3 atom stereocenters. The molecule has 0 bridgehead atoms. The monoisotopic (exact) mass is 185 g/mol. The zero-order valence-electron chi connectivity index (χ0n) is 7.65. The van der Waals surface area contributed by atoms with E-state index in [4.69, 9.17) is 14.2 Å². The lowest BCUT2D eigenvalue weighted by Gasteiger charge is -2.50. The van der Waals surface area contributed by atoms with E-state index in [-0.39, 0.29) is 18.7 Å². The normalized spacial score (nSPS) is 45.7. The van der Waals surface area contributed by atoms with Crippen molar-refractivity contribution in [1.29, 1.82) is 0 Å². The van der Waals surface area contributed by atoms with Crippen LogP contribution in [0.25, 0.3) is 0 Å². The van der Waals surface area contributed by atoms with Crippen LogP contribution in [-0.2, 0) is 14.2 Å². The molecule has 0 aromatic carbocycles. The zero-order valence-corrected chi connectivity index (χ0v) is 7.65. The summed E-state index contributed by atoms with van der Waals surface area (Å²) in [5.74, 6) is 0. The average molecular weight is 185 g/mol. The van der Waals surface area contributed by atoms with Gasteiger partial charge in [-0.1, -0.05) is 0 Å². The molecule has 0 radical (unpaired) electrons. The lowest BCUT2D eigenvalue weighted by molar-refractivity contribution is -0.310. The standard InChI is InChI=1S/C9H15NO3/c1-4-11-8-3-6-13-9-2-5-12-7(1)10(8)9/h7-9H,1-6H2/t7-,8-,9-/m0/s1. The van der Waals surface area contributed by atoms with Gasteiger partial charge in [-0.3, -0.25) is 0 Å². The van der Waals surface area contributed by atoms with Gasteiger partial charge in [0, 0.05) is 19.3 Å². The molecule has 0 N–H and O–H groups in total. The van der Waals surface area contributed by atoms with Crippen molar-refractivity contribution in [1.82, 2.24) is 4.90 Å². The summed E-state index contributed by atoms with van der Waals surface area (Å²) in [5, 5.41) is 0. The molecule has 0 aromatic rings. The number of hydrogen-bond donors (Lipinski definition) is 0. The van der Waals surface area contributed by atoms with Gasteiger partial charge >= 0.3 is 0 Å². The van der Waals surface area contributed by atoms with Gasteiger partial charge in [-0.15, -0.1) is 0 Å². The van der Waals surface area contributed by atoms with Gasteiger partial charge in [0.2, 0.25) is 0 Å². The first-order valence-electron chi connectivity index (χ1n) is 5.07. The molecule has 4 nitrogen and oxygen atoms in total. The molecule has 3 aliphatic rings. The maximum absolute atomic E-state index is 5.68. The number of hydrogen-bond acceptors (Lipinski definition) is 4. The second kappa shape index (κ2) is 3.20. The van der Waals surface area contributed by atoms with Gasteiger partial charge in [-0.2, -0.15) is 0 Å². The second-order valence-electron chi connectivity index (χ2n) is 3.79. The maximum atomic E-state index is 5.68. The summed E-state index contributed by atoms with van der Waals surface area (Å²) in [6.45, 7) is 2.50. The van der Waals surface area contributed by atoms with E-state index in [1.807, 2.05) is 0 Å². The third-order valence-corrected chi connectivity index (χ3v) is 3.02. The summed E-state index contributed by atoms with van der Waals surface area (Å²) < 4.78 is 17.1. The molecule has 3 saturated heterocycles. The van der Waals surface area contributed by atoms with E-state index in [0.717, 1.165) is 39.1 Å². The second-order valence-corrected chi connectivity index (χ2v) is 3.79. The smallest absolute Gasteiger partial charge is 0.116 e. The first kappa shape index (κ1) is 8.17. The van der Waals surface area contributed by atoms with E-state index in [2.05, 4.69) is 4.90 Å². The Kier molecular flexibility index (Phi) is 2.01. The molecule has 0 aliphatic carbocycles. The van der Waals surface area contributed by atoms with Crippen LogP contribution in [0.15, 0.2) is 0 Å². The Morgan fingerprint density at radius 1 is 0.692 bits per heavy atom. The highest BCUT2D eigenvalue weighted by Crippen LogP contribution is 2.31. The van der Waals surface area contributed by atoms with E-state index in [1.165, 1.54) is 0 Å². The van der Waals surface area contributed by atoms with Crippen LogP contribution in [-0.4, -0.2) is 43.4 Å². The Morgan fingerprint density at radius 2 is 1.08 bits per heavy atom. The summed E-state index contributed by atoms with van der Waals surface area (Å²) >= 11 is 0. The highest BCUT2D eigenvalue weighted by atomic mass is 16.6. The number of nitrogens with zero attached hydrogens (tertiary/aromatic N) is 1. The highest BCUT2D eigenvalue weighted by molar-refractivity contribution is 4.82. The van der Waals surface area contributed by atoms with Crippen molar-refractivity contribution in [3.05, 3.63) is 0 Å². The lowest BCUT2D eigenvalue weighted by Crippen LogP contribution is -2.61. The molecular weight excluding hydrogens is 170 g/mol. The van der Waals surface area contributed by atoms with Gasteiger partial charge in [0.15, 0.2) is 0 Å². The van der Waals surface area contributed by atoms with Crippen LogP contribution in [0.4, 0.5) is 0 Å². The predicted octanol–water partition coefficient (Wildman–Crippen LogP) is 0.528. The Bertz CT molecular complexity index is 154. The fourth-order valence-electron chi connectivity index (χ4n) is 2.43. The van der Waals surface area contributed by atoms with Crippen molar-refractivity contribution < 1.29 is 14.2 Å². The predicted molar refractivity (Wildman–Crippen MR) is 44.9 cm³/mol. The van der Waals surface area contributed by atoms with Gasteiger partial charge in [0.05, 0.1) is 19.8 Å². The van der Waals surface area contributed by atoms with Gasteiger partial charge in [0.1, 0.15) is 18.7 Å². The fourth-order valence-corrected chi connectivity index (χ4v) is 2.43. The third kappa shape index (κ3) is 1.29. The summed E-state index contributed by atoms with van der Waals surface area (Å²) in [6, 6.07) is 0. The first-order valence-corrected chi connectivity index (χ1v) is 5.07. The van der Waals surface area contributed by atoms with Crippen molar-refractivity contribution in [3.63, 3.8) is 0 Å². The summed E-state index contributed by atoms with van der Waals surface area (Å²) in [5.41, 5.74) is 0. The van der Waals surface area contributed by atoms with Crippen LogP contribution in [0.1, 0.15) is 19.3 Å². The van der Waals surface area contributed by atoms with E-state index in [9.17, 15) is 0 Å². The van der Waals surface area contributed by atoms with Crippen molar-refractivity contribution in [2.45, 2.75) is 37.9 Å². The third-order valence-electron chi connectivity index (χ3n) is 3.02. The largest absolute Gasteiger partial charge is 0.363 e. The Balaban J connectivity index is 1.82. The molecule has 74 valence electrons. The van der Waals surface area contributed by atoms with Crippen molar-refractivity contribution >= 4 is 0 Å². The molecule has 4 heteroatoms. The van der Waals surface area contributed by atoms with Gasteiger partial charge in [-0.05, 0) is 0 Å². The van der Waals surface area contributed by atoms with Crippen molar-refractivity contribution in [3.8, 4) is 0 Å². The number of ether oxygens (including phenoxy) is 3. The number of rotatable bonds is 0. The Hall–Kier alpha value is -0.160. The van der Waals surface area contributed by atoms with Crippen molar-refractivity contribution in [2.24, 2.45) is 0 Å². The molecular formula is C9H15NO3. The molecule has 0 spiro atoms. The summed E-state index contributed by atoms with van der Waals surface area (Å²) in [4.78, 5) is 2.26. The first-order chi connectivity index (χ1) is 6.45. The zero-order chi connectivity index (χ0) is 8.67.